The zero-order valence-electron chi connectivity index (χ0n) is 13.0. The number of carboxylic acids is 1. The van der Waals surface area contributed by atoms with Crippen LogP contribution in [0.4, 0.5) is 0 Å². The second kappa shape index (κ2) is 6.49. The van der Waals surface area contributed by atoms with Gasteiger partial charge in [-0.1, -0.05) is 42.5 Å². The van der Waals surface area contributed by atoms with Gasteiger partial charge < -0.3 is 10.4 Å². The molecule has 0 saturated heterocycles. The molecule has 2 N–H and O–H groups in total. The van der Waals surface area contributed by atoms with Crippen LogP contribution < -0.4 is 5.32 Å². The molecule has 1 atom stereocenters. The molecule has 22 heavy (non-hydrogen) atoms. The molecule has 3 nitrogen and oxygen atoms in total. The van der Waals surface area contributed by atoms with Gasteiger partial charge in [0.1, 0.15) is 0 Å². The molecule has 1 aliphatic carbocycles. The van der Waals surface area contributed by atoms with Crippen LogP contribution >= 0.6 is 0 Å². The minimum Gasteiger partial charge on any atom is -0.481 e. The number of aliphatic carboxylic acids is 1. The molecule has 0 aliphatic heterocycles. The number of nitrogens with one attached hydrogen (secondary N) is 1. The van der Waals surface area contributed by atoms with E-state index in [9.17, 15) is 4.79 Å². The Bertz CT molecular complexity index is 654. The molecule has 0 spiro atoms. The number of carbonyl (C=O) groups is 1. The summed E-state index contributed by atoms with van der Waals surface area (Å²) >= 11 is 0. The maximum atomic E-state index is 11.0. The molecule has 2 aromatic rings. The Balaban J connectivity index is 1.69. The summed E-state index contributed by atoms with van der Waals surface area (Å²) in [4.78, 5) is 11.0. The lowest BCUT2D eigenvalue weighted by atomic mass is 9.85. The Kier molecular flexibility index (Phi) is 4.44. The van der Waals surface area contributed by atoms with Crippen molar-refractivity contribution >= 4 is 16.7 Å². The Morgan fingerprint density at radius 2 is 1.77 bits per heavy atom. The maximum absolute atomic E-state index is 11.0. The lowest BCUT2D eigenvalue weighted by molar-refractivity contribution is -0.142. The summed E-state index contributed by atoms with van der Waals surface area (Å²) in [5.74, 6) is -0.786. The molecule has 1 fully saturated rings. The van der Waals surface area contributed by atoms with E-state index in [4.69, 9.17) is 5.11 Å². The van der Waals surface area contributed by atoms with Crippen LogP contribution in [0.1, 0.15) is 44.2 Å². The minimum atomic E-state index is -0.638. The Labute approximate surface area is 131 Å². The van der Waals surface area contributed by atoms with E-state index in [0.29, 0.717) is 6.04 Å². The predicted octanol–water partition coefficient (Wildman–Crippen LogP) is 4.13. The second-order valence-electron chi connectivity index (χ2n) is 6.34. The van der Waals surface area contributed by atoms with Crippen LogP contribution in [0, 0.1) is 5.92 Å². The summed E-state index contributed by atoms with van der Waals surface area (Å²) in [5.41, 5.74) is 1.32. The number of hydrogen-bond acceptors (Lipinski definition) is 2. The van der Waals surface area contributed by atoms with Crippen LogP contribution in [0.5, 0.6) is 0 Å². The van der Waals surface area contributed by atoms with Gasteiger partial charge in [0.15, 0.2) is 0 Å². The predicted molar refractivity (Wildman–Crippen MR) is 88.9 cm³/mol. The first kappa shape index (κ1) is 15.0. The van der Waals surface area contributed by atoms with Crippen LogP contribution in [0.2, 0.25) is 0 Å². The fourth-order valence-electron chi connectivity index (χ4n) is 3.58. The van der Waals surface area contributed by atoms with Crippen LogP contribution in [-0.4, -0.2) is 17.1 Å². The summed E-state index contributed by atoms with van der Waals surface area (Å²) in [7, 11) is 0. The summed E-state index contributed by atoms with van der Waals surface area (Å²) in [6.45, 7) is 2.20. The van der Waals surface area contributed by atoms with Gasteiger partial charge >= 0.3 is 5.97 Å². The summed E-state index contributed by atoms with van der Waals surface area (Å²) < 4.78 is 0. The Morgan fingerprint density at radius 3 is 2.50 bits per heavy atom. The SMILES string of the molecule is CC(NC1CCC(C(=O)O)CC1)c1cccc2ccccc12. The van der Waals surface area contributed by atoms with Crippen molar-refractivity contribution in [2.24, 2.45) is 5.92 Å². The standard InChI is InChI=1S/C19H23NO2/c1-13(20-16-11-9-15(10-12-16)19(21)22)17-8-4-6-14-5-2-3-7-18(14)17/h2-8,13,15-16,20H,9-12H2,1H3,(H,21,22). The van der Waals surface area contributed by atoms with Gasteiger partial charge in [-0.15, -0.1) is 0 Å². The number of benzene rings is 2. The van der Waals surface area contributed by atoms with Crippen LogP contribution in [0.3, 0.4) is 0 Å². The topological polar surface area (TPSA) is 49.3 Å². The third-order valence-corrected chi connectivity index (χ3v) is 4.85. The molecule has 3 heteroatoms. The van der Waals surface area contributed by atoms with E-state index in [1.165, 1.54) is 16.3 Å². The van der Waals surface area contributed by atoms with Crippen molar-refractivity contribution in [1.29, 1.82) is 0 Å². The van der Waals surface area contributed by atoms with Crippen molar-refractivity contribution in [3.8, 4) is 0 Å². The molecule has 116 valence electrons. The first-order valence-corrected chi connectivity index (χ1v) is 8.11. The molecular formula is C19H23NO2. The van der Waals surface area contributed by atoms with E-state index >= 15 is 0 Å². The van der Waals surface area contributed by atoms with Crippen molar-refractivity contribution in [3.63, 3.8) is 0 Å². The first-order chi connectivity index (χ1) is 10.6. The van der Waals surface area contributed by atoms with E-state index in [0.717, 1.165) is 25.7 Å². The van der Waals surface area contributed by atoms with Gasteiger partial charge in [0.2, 0.25) is 0 Å². The van der Waals surface area contributed by atoms with Crippen molar-refractivity contribution < 1.29 is 9.90 Å². The monoisotopic (exact) mass is 297 g/mol. The van der Waals surface area contributed by atoms with Crippen LogP contribution in [0.15, 0.2) is 42.5 Å². The molecule has 1 saturated carbocycles. The van der Waals surface area contributed by atoms with E-state index in [1.807, 2.05) is 0 Å². The molecule has 0 aromatic heterocycles. The molecule has 0 bridgehead atoms. The molecule has 0 heterocycles. The molecular weight excluding hydrogens is 274 g/mol. The molecule has 1 unspecified atom stereocenters. The van der Waals surface area contributed by atoms with Gasteiger partial charge in [-0.25, -0.2) is 0 Å². The molecule has 0 amide bonds. The second-order valence-corrected chi connectivity index (χ2v) is 6.34. The maximum Gasteiger partial charge on any atom is 0.306 e. The highest BCUT2D eigenvalue weighted by atomic mass is 16.4. The lowest BCUT2D eigenvalue weighted by Crippen LogP contribution is -2.36. The fraction of sp³-hybridized carbons (Fsp3) is 0.421. The number of carboxylic acid groups (broad SMARTS) is 1. The Hall–Kier alpha value is -1.87. The molecule has 0 radical (unpaired) electrons. The highest BCUT2D eigenvalue weighted by Gasteiger charge is 2.26. The highest BCUT2D eigenvalue weighted by molar-refractivity contribution is 5.86. The van der Waals surface area contributed by atoms with Crippen LogP contribution in [-0.2, 0) is 4.79 Å². The average Bonchev–Trinajstić information content (AvgIpc) is 2.54. The fourth-order valence-corrected chi connectivity index (χ4v) is 3.58. The van der Waals surface area contributed by atoms with Crippen molar-refractivity contribution in [1.82, 2.24) is 5.32 Å². The molecule has 3 rings (SSSR count). The van der Waals surface area contributed by atoms with Crippen molar-refractivity contribution in [2.75, 3.05) is 0 Å². The van der Waals surface area contributed by atoms with Gasteiger partial charge in [-0.2, -0.15) is 0 Å². The summed E-state index contributed by atoms with van der Waals surface area (Å²) in [5, 5.41) is 15.3. The van der Waals surface area contributed by atoms with Gasteiger partial charge in [-0.05, 0) is 48.9 Å². The highest BCUT2D eigenvalue weighted by Crippen LogP contribution is 2.28. The first-order valence-electron chi connectivity index (χ1n) is 8.11. The van der Waals surface area contributed by atoms with E-state index in [1.54, 1.807) is 0 Å². The van der Waals surface area contributed by atoms with E-state index in [-0.39, 0.29) is 12.0 Å². The number of fused-ring (bicyclic) bond motifs is 1. The van der Waals surface area contributed by atoms with E-state index < -0.39 is 5.97 Å². The third-order valence-electron chi connectivity index (χ3n) is 4.85. The van der Waals surface area contributed by atoms with Crippen LogP contribution in [0.25, 0.3) is 10.8 Å². The quantitative estimate of drug-likeness (QED) is 0.892. The minimum absolute atomic E-state index is 0.147. The van der Waals surface area contributed by atoms with E-state index in [2.05, 4.69) is 54.7 Å². The lowest BCUT2D eigenvalue weighted by Gasteiger charge is -2.30. The van der Waals surface area contributed by atoms with Gasteiger partial charge in [0.25, 0.3) is 0 Å². The Morgan fingerprint density at radius 1 is 1.09 bits per heavy atom. The average molecular weight is 297 g/mol. The van der Waals surface area contributed by atoms with Gasteiger partial charge in [-0.3, -0.25) is 4.79 Å². The number of rotatable bonds is 4. The largest absolute Gasteiger partial charge is 0.481 e. The van der Waals surface area contributed by atoms with Gasteiger partial charge in [0, 0.05) is 12.1 Å². The van der Waals surface area contributed by atoms with Crippen molar-refractivity contribution in [2.45, 2.75) is 44.7 Å². The molecule has 2 aromatic carbocycles. The summed E-state index contributed by atoms with van der Waals surface area (Å²) in [6.07, 6.45) is 3.47. The smallest absolute Gasteiger partial charge is 0.306 e. The van der Waals surface area contributed by atoms with Crippen molar-refractivity contribution in [3.05, 3.63) is 48.0 Å². The third kappa shape index (κ3) is 3.14. The van der Waals surface area contributed by atoms with Gasteiger partial charge in [0.05, 0.1) is 5.92 Å². The molecule has 1 aliphatic rings. The normalized spacial score (nSPS) is 23.3. The zero-order valence-corrected chi connectivity index (χ0v) is 13.0. The zero-order chi connectivity index (χ0) is 15.5. The summed E-state index contributed by atoms with van der Waals surface area (Å²) in [6, 6.07) is 15.6. The number of hydrogen-bond donors (Lipinski definition) is 2.